The number of halogens is 2. The summed E-state index contributed by atoms with van der Waals surface area (Å²) in [5.74, 6) is 0.665. The third-order valence-electron chi connectivity index (χ3n) is 5.42. The van der Waals surface area contributed by atoms with Crippen molar-refractivity contribution in [3.8, 4) is 5.75 Å². The summed E-state index contributed by atoms with van der Waals surface area (Å²) in [6.07, 6.45) is 0.745. The van der Waals surface area contributed by atoms with E-state index in [9.17, 15) is 9.59 Å². The summed E-state index contributed by atoms with van der Waals surface area (Å²) >= 11 is 0. The summed E-state index contributed by atoms with van der Waals surface area (Å²) in [5, 5.41) is 10.7. The van der Waals surface area contributed by atoms with Crippen LogP contribution < -0.4 is 20.7 Å². The SMILES string of the molecule is COC(=O)CN(C(=O)Oc1ccc2[nH]c(CNc3ccc(C(=N)N)cc3)nc2c1C)c1ccccn1.Cl.Cl. The third kappa shape index (κ3) is 6.90. The summed E-state index contributed by atoms with van der Waals surface area (Å²) < 4.78 is 10.3. The molecule has 2 aromatic carbocycles. The second-order valence-corrected chi connectivity index (χ2v) is 7.83. The molecule has 0 fully saturated rings. The van der Waals surface area contributed by atoms with Crippen LogP contribution in [0.4, 0.5) is 16.3 Å². The highest BCUT2D eigenvalue weighted by atomic mass is 35.5. The molecule has 0 aliphatic carbocycles. The van der Waals surface area contributed by atoms with Crippen molar-refractivity contribution in [1.82, 2.24) is 15.0 Å². The fraction of sp³-hybridized carbons (Fsp3) is 0.160. The molecule has 0 aliphatic heterocycles. The Kier molecular flexibility index (Phi) is 10.4. The van der Waals surface area contributed by atoms with Crippen molar-refractivity contribution in [3.63, 3.8) is 0 Å². The van der Waals surface area contributed by atoms with Crippen molar-refractivity contribution in [1.29, 1.82) is 5.41 Å². The number of aromatic amines is 1. The molecule has 0 radical (unpaired) electrons. The first kappa shape index (κ1) is 29.9. The Bertz CT molecular complexity index is 1410. The van der Waals surface area contributed by atoms with E-state index >= 15 is 0 Å². The first-order chi connectivity index (χ1) is 17.4. The number of amides is 1. The van der Waals surface area contributed by atoms with Crippen LogP contribution in [0, 0.1) is 12.3 Å². The molecular formula is C25H27Cl2N7O4. The Hall–Kier alpha value is -4.35. The van der Waals surface area contributed by atoms with Gasteiger partial charge in [0.2, 0.25) is 0 Å². The molecule has 200 valence electrons. The van der Waals surface area contributed by atoms with Gasteiger partial charge in [0.25, 0.3) is 0 Å². The molecule has 5 N–H and O–H groups in total. The zero-order valence-corrected chi connectivity index (χ0v) is 22.2. The van der Waals surface area contributed by atoms with E-state index in [2.05, 4.69) is 20.3 Å². The van der Waals surface area contributed by atoms with Crippen molar-refractivity contribution >= 4 is 65.3 Å². The minimum absolute atomic E-state index is 0. The van der Waals surface area contributed by atoms with Crippen LogP contribution in [0.2, 0.25) is 0 Å². The number of nitrogens with zero attached hydrogens (tertiary/aromatic N) is 3. The van der Waals surface area contributed by atoms with Crippen LogP contribution in [0.15, 0.2) is 60.8 Å². The molecule has 13 heteroatoms. The van der Waals surface area contributed by atoms with Crippen LogP contribution >= 0.6 is 24.8 Å². The van der Waals surface area contributed by atoms with E-state index in [0.717, 1.165) is 16.1 Å². The number of rotatable bonds is 8. The third-order valence-corrected chi connectivity index (χ3v) is 5.42. The Morgan fingerprint density at radius 3 is 2.47 bits per heavy atom. The van der Waals surface area contributed by atoms with Gasteiger partial charge in [-0.1, -0.05) is 6.07 Å². The fourth-order valence-electron chi connectivity index (χ4n) is 3.49. The molecule has 1 amide bonds. The van der Waals surface area contributed by atoms with E-state index in [-0.39, 0.29) is 43.0 Å². The number of nitrogens with two attached hydrogens (primary N) is 1. The molecule has 2 heterocycles. The molecule has 0 saturated heterocycles. The van der Waals surface area contributed by atoms with E-state index in [1.807, 2.05) is 12.1 Å². The molecule has 2 aromatic heterocycles. The Balaban J connectivity index is 0.00000253. The lowest BCUT2D eigenvalue weighted by Crippen LogP contribution is -2.38. The lowest BCUT2D eigenvalue weighted by atomic mass is 10.2. The van der Waals surface area contributed by atoms with E-state index in [1.54, 1.807) is 49.4 Å². The number of carbonyl (C=O) groups is 2. The zero-order chi connectivity index (χ0) is 25.7. The summed E-state index contributed by atoms with van der Waals surface area (Å²) in [6.45, 7) is 1.88. The summed E-state index contributed by atoms with van der Waals surface area (Å²) in [6, 6.07) is 15.6. The molecule has 0 bridgehead atoms. The van der Waals surface area contributed by atoms with Crippen molar-refractivity contribution in [2.24, 2.45) is 5.73 Å². The largest absolute Gasteiger partial charge is 0.468 e. The van der Waals surface area contributed by atoms with Crippen LogP contribution in [-0.2, 0) is 16.1 Å². The van der Waals surface area contributed by atoms with Crippen LogP contribution in [0.3, 0.4) is 0 Å². The van der Waals surface area contributed by atoms with Crippen molar-refractivity contribution < 1.29 is 19.1 Å². The lowest BCUT2D eigenvalue weighted by molar-refractivity contribution is -0.138. The quantitative estimate of drug-likeness (QED) is 0.142. The highest BCUT2D eigenvalue weighted by Crippen LogP contribution is 2.27. The molecule has 38 heavy (non-hydrogen) atoms. The molecule has 0 aliphatic rings. The van der Waals surface area contributed by atoms with Gasteiger partial charge in [0.15, 0.2) is 0 Å². The number of H-pyrrole nitrogens is 1. The van der Waals surface area contributed by atoms with Crippen molar-refractivity contribution in [2.45, 2.75) is 13.5 Å². The number of aryl methyl sites for hydroxylation is 1. The van der Waals surface area contributed by atoms with Gasteiger partial charge in [-0.05, 0) is 55.5 Å². The number of amidine groups is 1. The van der Waals surface area contributed by atoms with Gasteiger partial charge in [-0.25, -0.2) is 19.7 Å². The molecule has 0 saturated carbocycles. The van der Waals surface area contributed by atoms with Crippen LogP contribution in [0.5, 0.6) is 5.75 Å². The molecule has 11 nitrogen and oxygen atoms in total. The number of benzene rings is 2. The molecule has 0 unspecified atom stereocenters. The van der Waals surface area contributed by atoms with E-state index in [0.29, 0.717) is 34.8 Å². The first-order valence-corrected chi connectivity index (χ1v) is 11.0. The van der Waals surface area contributed by atoms with Gasteiger partial charge in [0, 0.05) is 23.0 Å². The standard InChI is InChI=1S/C25H25N7O4.2ClH/c1-15-19(36-25(34)32(14-22(33)35-2)21-5-3-4-12-28-21)11-10-18-23(15)31-20(30-18)13-29-17-8-6-16(7-9-17)24(26)27;;/h3-12,29H,13-14H2,1-2H3,(H3,26,27)(H,30,31);2*1H. The molecule has 0 atom stereocenters. The first-order valence-electron chi connectivity index (χ1n) is 11.0. The summed E-state index contributed by atoms with van der Waals surface area (Å²) in [4.78, 5) is 38.0. The summed E-state index contributed by atoms with van der Waals surface area (Å²) in [7, 11) is 1.24. The Morgan fingerprint density at radius 1 is 1.11 bits per heavy atom. The minimum Gasteiger partial charge on any atom is -0.468 e. The Morgan fingerprint density at radius 2 is 1.84 bits per heavy atom. The van der Waals surface area contributed by atoms with Gasteiger partial charge in [0.1, 0.15) is 29.8 Å². The van der Waals surface area contributed by atoms with Gasteiger partial charge in [-0.2, -0.15) is 0 Å². The smallest absolute Gasteiger partial charge is 0.421 e. The number of anilines is 2. The maximum atomic E-state index is 13.0. The average molecular weight is 560 g/mol. The summed E-state index contributed by atoms with van der Waals surface area (Å²) in [5.41, 5.74) is 9.09. The van der Waals surface area contributed by atoms with Gasteiger partial charge in [-0.15, -0.1) is 24.8 Å². The van der Waals surface area contributed by atoms with Crippen molar-refractivity contribution in [2.75, 3.05) is 23.9 Å². The molecule has 4 rings (SSSR count). The molecule has 4 aromatic rings. The number of aromatic nitrogens is 3. The Labute approximate surface area is 231 Å². The number of nitrogen functional groups attached to an aromatic ring is 1. The predicted octanol–water partition coefficient (Wildman–Crippen LogP) is 4.18. The highest BCUT2D eigenvalue weighted by molar-refractivity contribution is 5.95. The van der Waals surface area contributed by atoms with Crippen LogP contribution in [-0.4, -0.2) is 46.5 Å². The number of hydrogen-bond donors (Lipinski definition) is 4. The lowest BCUT2D eigenvalue weighted by Gasteiger charge is -2.20. The predicted molar refractivity (Wildman–Crippen MR) is 150 cm³/mol. The van der Waals surface area contributed by atoms with Crippen molar-refractivity contribution in [3.05, 3.63) is 77.7 Å². The van der Waals surface area contributed by atoms with Gasteiger partial charge >= 0.3 is 12.1 Å². The number of carbonyl (C=O) groups excluding carboxylic acids is 2. The number of hydrogen-bond acceptors (Lipinski definition) is 8. The monoisotopic (exact) mass is 559 g/mol. The van der Waals surface area contributed by atoms with E-state index in [4.69, 9.17) is 20.6 Å². The average Bonchev–Trinajstić information content (AvgIpc) is 3.32. The minimum atomic E-state index is -0.770. The molecular weight excluding hydrogens is 533 g/mol. The number of ether oxygens (including phenoxy) is 2. The molecule has 0 spiro atoms. The van der Waals surface area contributed by atoms with Gasteiger partial charge in [-0.3, -0.25) is 10.2 Å². The maximum Gasteiger partial charge on any atom is 0.421 e. The zero-order valence-electron chi connectivity index (χ0n) is 20.6. The number of fused-ring (bicyclic) bond motifs is 1. The number of pyridine rings is 1. The van der Waals surface area contributed by atoms with Crippen LogP contribution in [0.25, 0.3) is 11.0 Å². The van der Waals surface area contributed by atoms with E-state index in [1.165, 1.54) is 13.3 Å². The maximum absolute atomic E-state index is 13.0. The normalized spacial score (nSPS) is 10.1. The number of nitrogens with one attached hydrogen (secondary N) is 3. The second-order valence-electron chi connectivity index (χ2n) is 7.83. The topological polar surface area (TPSA) is 159 Å². The second kappa shape index (κ2) is 13.3. The van der Waals surface area contributed by atoms with Gasteiger partial charge < -0.3 is 25.5 Å². The highest BCUT2D eigenvalue weighted by Gasteiger charge is 2.24. The van der Waals surface area contributed by atoms with Gasteiger partial charge in [0.05, 0.1) is 24.7 Å². The number of imidazole rings is 1. The fourth-order valence-corrected chi connectivity index (χ4v) is 3.49. The number of methoxy groups -OCH3 is 1. The van der Waals surface area contributed by atoms with E-state index < -0.39 is 12.1 Å². The van der Waals surface area contributed by atoms with Crippen LogP contribution in [0.1, 0.15) is 17.0 Å². The number of esters is 1.